The van der Waals surface area contributed by atoms with Crippen molar-refractivity contribution < 1.29 is 0 Å². The molecule has 0 N–H and O–H groups in total. The fourth-order valence-electron chi connectivity index (χ4n) is 15.7. The van der Waals surface area contributed by atoms with Gasteiger partial charge in [0.15, 0.2) is 0 Å². The molecule has 0 unspecified atom stereocenters. The van der Waals surface area contributed by atoms with Gasteiger partial charge in [-0.3, -0.25) is 0 Å². The molecule has 6 heteroatoms. The monoisotopic (exact) mass is 1180 g/mol. The molecule has 6 fully saturated rings. The Morgan fingerprint density at radius 2 is 0.308 bits per heavy atom. The third kappa shape index (κ3) is 23.2. The highest BCUT2D eigenvalue weighted by Crippen LogP contribution is 2.57. The van der Waals surface area contributed by atoms with Gasteiger partial charge in [-0.2, -0.15) is 0 Å². The van der Waals surface area contributed by atoms with Crippen LogP contribution in [0.15, 0.2) is 29.4 Å². The summed E-state index contributed by atoms with van der Waals surface area (Å²) < 4.78 is 0. The van der Waals surface area contributed by atoms with Crippen LogP contribution in [-0.2, 0) is 0 Å². The van der Waals surface area contributed by atoms with Crippen LogP contribution in [-0.4, -0.2) is 34.5 Å². The third-order valence-corrected chi connectivity index (χ3v) is 30.4. The van der Waals surface area contributed by atoms with Gasteiger partial charge in [-0.1, -0.05) is 234 Å². The van der Waals surface area contributed by atoms with Gasteiger partial charge >= 0.3 is 0 Å². The van der Waals surface area contributed by atoms with Gasteiger partial charge in [-0.25, -0.2) is 0 Å². The van der Waals surface area contributed by atoms with Crippen LogP contribution in [0.3, 0.4) is 0 Å². The van der Waals surface area contributed by atoms with E-state index in [4.69, 9.17) is 0 Å². The molecule has 0 heterocycles. The molecule has 0 atom stereocenters. The minimum atomic E-state index is 0.889. The van der Waals surface area contributed by atoms with E-state index in [0.717, 1.165) is 71.0 Å². The van der Waals surface area contributed by atoms with E-state index in [-0.39, 0.29) is 0 Å². The smallest absolute Gasteiger partial charge is 0.0368 e. The second-order valence-electron chi connectivity index (χ2n) is 28.0. The van der Waals surface area contributed by atoms with E-state index < -0.39 is 0 Å². The lowest BCUT2D eigenvalue weighted by molar-refractivity contribution is 0.275. The first-order valence-corrected chi connectivity index (χ1v) is 41.3. The van der Waals surface area contributed by atoms with Crippen molar-refractivity contribution in [3.8, 4) is 0 Å². The molecule has 0 amide bonds. The minimum Gasteiger partial charge on any atom is -0.123 e. The standard InChI is InChI=1S/C72H126S6/c1-7-13-19-55-25-37-61(38-26-55)49-73-67-68(74-50-62-39-27-56(28-40-62)20-14-8-2)70(76-52-64-43-31-58(32-44-64)22-16-10-4)72(78-54-66-47-35-60(36-48-66)24-18-12-6)71(77-53-65-45-33-59(34-46-65)23-17-11-5)69(67)75-51-63-41-29-57(30-42-63)21-15-9-3/h55-66H,7-54H2,1-6H3. The predicted molar refractivity (Wildman–Crippen MR) is 361 cm³/mol. The van der Waals surface area contributed by atoms with Crippen molar-refractivity contribution in [1.29, 1.82) is 0 Å². The Kier molecular flexibility index (Phi) is 33.6. The van der Waals surface area contributed by atoms with Crippen LogP contribution in [0, 0.1) is 71.0 Å². The lowest BCUT2D eigenvalue weighted by Gasteiger charge is -2.33. The second kappa shape index (κ2) is 39.2. The second-order valence-corrected chi connectivity index (χ2v) is 34.2. The molecule has 0 nitrogen and oxygen atoms in total. The van der Waals surface area contributed by atoms with Crippen LogP contribution >= 0.6 is 70.6 Å². The molecule has 6 aliphatic carbocycles. The van der Waals surface area contributed by atoms with Gasteiger partial charge in [-0.15, -0.1) is 70.6 Å². The molecule has 1 aromatic carbocycles. The molecule has 1 aromatic rings. The van der Waals surface area contributed by atoms with Crippen molar-refractivity contribution in [1.82, 2.24) is 0 Å². The molecule has 0 spiro atoms. The summed E-state index contributed by atoms with van der Waals surface area (Å²) in [6.07, 6.45) is 61.5. The Morgan fingerprint density at radius 1 is 0.192 bits per heavy atom. The average molecular weight is 1180 g/mol. The van der Waals surface area contributed by atoms with E-state index in [9.17, 15) is 0 Å². The summed E-state index contributed by atoms with van der Waals surface area (Å²) in [4.78, 5) is 10.9. The van der Waals surface area contributed by atoms with Crippen LogP contribution < -0.4 is 0 Å². The summed E-state index contributed by atoms with van der Waals surface area (Å²) in [7, 11) is 0. The minimum absolute atomic E-state index is 0.889. The fraction of sp³-hybridized carbons (Fsp3) is 0.917. The molecule has 78 heavy (non-hydrogen) atoms. The Bertz CT molecular complexity index is 1340. The molecule has 6 saturated carbocycles. The van der Waals surface area contributed by atoms with Crippen LogP contribution in [0.1, 0.15) is 311 Å². The predicted octanol–water partition coefficient (Wildman–Crippen LogP) is 26.2. The van der Waals surface area contributed by atoms with Gasteiger partial charge in [0, 0.05) is 63.9 Å². The van der Waals surface area contributed by atoms with E-state index in [0.29, 0.717) is 0 Å². The van der Waals surface area contributed by atoms with Crippen LogP contribution in [0.5, 0.6) is 0 Å². The molecule has 0 saturated heterocycles. The Labute approximate surface area is 512 Å². The van der Waals surface area contributed by atoms with Crippen LogP contribution in [0.25, 0.3) is 0 Å². The highest BCUT2D eigenvalue weighted by atomic mass is 32.2. The molecule has 0 aliphatic heterocycles. The van der Waals surface area contributed by atoms with Gasteiger partial charge in [-0.05, 0) is 148 Å². The number of rotatable bonds is 36. The van der Waals surface area contributed by atoms with E-state index in [1.54, 1.807) is 0 Å². The lowest BCUT2D eigenvalue weighted by atomic mass is 9.80. The van der Waals surface area contributed by atoms with Gasteiger partial charge in [0.05, 0.1) is 0 Å². The highest BCUT2D eigenvalue weighted by molar-refractivity contribution is 8.06. The first-order chi connectivity index (χ1) is 38.4. The van der Waals surface area contributed by atoms with Gasteiger partial charge in [0.2, 0.25) is 0 Å². The zero-order valence-corrected chi connectivity index (χ0v) is 57.2. The zero-order valence-electron chi connectivity index (χ0n) is 52.3. The quantitative estimate of drug-likeness (QED) is 0.0610. The lowest BCUT2D eigenvalue weighted by Crippen LogP contribution is -2.18. The van der Waals surface area contributed by atoms with Crippen LogP contribution in [0.2, 0.25) is 0 Å². The maximum atomic E-state index is 2.44. The van der Waals surface area contributed by atoms with Gasteiger partial charge in [0.25, 0.3) is 0 Å². The van der Waals surface area contributed by atoms with Gasteiger partial charge < -0.3 is 0 Å². The van der Waals surface area contributed by atoms with Gasteiger partial charge in [0.1, 0.15) is 0 Å². The molecule has 0 aromatic heterocycles. The highest BCUT2D eigenvalue weighted by Gasteiger charge is 2.34. The molecular weight excluding hydrogens is 1060 g/mol. The van der Waals surface area contributed by atoms with Crippen molar-refractivity contribution in [3.63, 3.8) is 0 Å². The van der Waals surface area contributed by atoms with E-state index in [1.165, 1.54) is 304 Å². The summed E-state index contributed by atoms with van der Waals surface area (Å²) in [5.41, 5.74) is 0. The van der Waals surface area contributed by atoms with E-state index >= 15 is 0 Å². The van der Waals surface area contributed by atoms with Crippen molar-refractivity contribution in [2.75, 3.05) is 34.5 Å². The van der Waals surface area contributed by atoms with Crippen LogP contribution in [0.4, 0.5) is 0 Å². The summed E-state index contributed by atoms with van der Waals surface area (Å²) in [6.45, 7) is 14.4. The summed E-state index contributed by atoms with van der Waals surface area (Å²) in [5.74, 6) is 19.5. The van der Waals surface area contributed by atoms with Crippen molar-refractivity contribution in [3.05, 3.63) is 0 Å². The Morgan fingerprint density at radius 3 is 0.423 bits per heavy atom. The van der Waals surface area contributed by atoms with E-state index in [1.807, 2.05) is 29.4 Å². The zero-order chi connectivity index (χ0) is 54.6. The maximum Gasteiger partial charge on any atom is 0.0368 e. The Hall–Kier alpha value is 1.32. The Balaban J connectivity index is 1.27. The number of unbranched alkanes of at least 4 members (excludes halogenated alkanes) is 6. The molecule has 0 radical (unpaired) electrons. The molecule has 0 bridgehead atoms. The number of hydrogen-bond acceptors (Lipinski definition) is 6. The van der Waals surface area contributed by atoms with E-state index in [2.05, 4.69) is 112 Å². The largest absolute Gasteiger partial charge is 0.123 e. The number of hydrogen-bond donors (Lipinski definition) is 0. The first kappa shape index (κ1) is 66.8. The van der Waals surface area contributed by atoms with Crippen molar-refractivity contribution in [2.24, 2.45) is 71.0 Å². The SMILES string of the molecule is CCCCC1CCC(CSc2c(SCC3CCC(CCCC)CC3)c(SCC3CCC(CCCC)CC3)c(SCC3CCC(CCCC)CC3)c(SCC3CCC(CCCC)CC3)c2SCC2CCC(CCCC)CC2)CC1. The molecule has 6 aliphatic rings. The third-order valence-electron chi connectivity index (χ3n) is 21.6. The summed E-state index contributed by atoms with van der Waals surface area (Å²) in [5, 5.41) is 0. The maximum absolute atomic E-state index is 2.44. The molecule has 7 rings (SSSR count). The number of benzene rings is 1. The first-order valence-electron chi connectivity index (χ1n) is 35.4. The molecule has 450 valence electrons. The summed E-state index contributed by atoms with van der Waals surface area (Å²) >= 11 is 14.7. The topological polar surface area (TPSA) is 0 Å². The van der Waals surface area contributed by atoms with Crippen molar-refractivity contribution >= 4 is 70.6 Å². The fourth-order valence-corrected chi connectivity index (χ4v) is 25.4. The number of thioether (sulfide) groups is 6. The molecular formula is C72H126S6. The van der Waals surface area contributed by atoms with Crippen molar-refractivity contribution in [2.45, 2.75) is 341 Å². The summed E-state index contributed by atoms with van der Waals surface area (Å²) in [6, 6.07) is 0. The normalized spacial score (nSPS) is 30.2. The average Bonchev–Trinajstić information content (AvgIpc) is 3.68.